The minimum absolute atomic E-state index is 0.140. The fraction of sp³-hybridized carbons (Fsp3) is 0.353. The standard InChI is InChI=1S/C17H18O2/c1-2-19-17(13-10-11-13)16(18)15-9-5-7-12-6-3-4-8-14(12)15/h3-9,13,17H,2,10-11H2,1H3. The van der Waals surface area contributed by atoms with Crippen LogP contribution in [0.4, 0.5) is 0 Å². The molecule has 0 bridgehead atoms. The smallest absolute Gasteiger partial charge is 0.192 e. The Morgan fingerprint density at radius 3 is 2.68 bits per heavy atom. The minimum Gasteiger partial charge on any atom is -0.370 e. The van der Waals surface area contributed by atoms with E-state index in [1.165, 1.54) is 0 Å². The molecule has 1 fully saturated rings. The van der Waals surface area contributed by atoms with E-state index in [0.717, 1.165) is 29.2 Å². The van der Waals surface area contributed by atoms with Crippen molar-refractivity contribution in [2.45, 2.75) is 25.9 Å². The maximum absolute atomic E-state index is 12.7. The third-order valence-electron chi connectivity index (χ3n) is 3.71. The first kappa shape index (κ1) is 12.4. The van der Waals surface area contributed by atoms with Gasteiger partial charge in [0.05, 0.1) is 0 Å². The second-order valence-corrected chi connectivity index (χ2v) is 5.10. The van der Waals surface area contributed by atoms with E-state index in [2.05, 4.69) is 0 Å². The van der Waals surface area contributed by atoms with E-state index >= 15 is 0 Å². The molecule has 98 valence electrons. The Balaban J connectivity index is 2.00. The molecule has 0 saturated heterocycles. The molecule has 0 aliphatic heterocycles. The summed E-state index contributed by atoms with van der Waals surface area (Å²) in [5.41, 5.74) is 0.795. The van der Waals surface area contributed by atoms with Crippen LogP contribution >= 0.6 is 0 Å². The summed E-state index contributed by atoms with van der Waals surface area (Å²) in [4.78, 5) is 12.7. The average Bonchev–Trinajstić information content (AvgIpc) is 3.28. The van der Waals surface area contributed by atoms with Gasteiger partial charge >= 0.3 is 0 Å². The lowest BCUT2D eigenvalue weighted by molar-refractivity contribution is 0.0376. The highest BCUT2D eigenvalue weighted by Gasteiger charge is 2.37. The summed E-state index contributed by atoms with van der Waals surface area (Å²) < 4.78 is 5.68. The Morgan fingerprint density at radius 2 is 1.95 bits per heavy atom. The normalized spacial score (nSPS) is 16.5. The van der Waals surface area contributed by atoms with Gasteiger partial charge in [-0.05, 0) is 36.5 Å². The number of ether oxygens (including phenoxy) is 1. The number of fused-ring (bicyclic) bond motifs is 1. The van der Waals surface area contributed by atoms with Crippen molar-refractivity contribution in [1.82, 2.24) is 0 Å². The number of hydrogen-bond acceptors (Lipinski definition) is 2. The van der Waals surface area contributed by atoms with Gasteiger partial charge in [-0.2, -0.15) is 0 Å². The van der Waals surface area contributed by atoms with E-state index in [0.29, 0.717) is 12.5 Å². The van der Waals surface area contributed by atoms with E-state index in [1.807, 2.05) is 49.4 Å². The minimum atomic E-state index is -0.254. The van der Waals surface area contributed by atoms with Crippen LogP contribution in [-0.2, 0) is 4.74 Å². The zero-order valence-corrected chi connectivity index (χ0v) is 11.1. The van der Waals surface area contributed by atoms with Crippen molar-refractivity contribution in [3.63, 3.8) is 0 Å². The molecule has 0 spiro atoms. The van der Waals surface area contributed by atoms with Crippen molar-refractivity contribution in [2.24, 2.45) is 5.92 Å². The lowest BCUT2D eigenvalue weighted by Crippen LogP contribution is -2.26. The van der Waals surface area contributed by atoms with Crippen LogP contribution in [0.2, 0.25) is 0 Å². The third kappa shape index (κ3) is 2.41. The molecular weight excluding hydrogens is 236 g/mol. The Labute approximate surface area is 113 Å². The number of hydrogen-bond donors (Lipinski definition) is 0. The zero-order chi connectivity index (χ0) is 13.2. The van der Waals surface area contributed by atoms with Gasteiger partial charge in [0.1, 0.15) is 6.10 Å². The second-order valence-electron chi connectivity index (χ2n) is 5.10. The van der Waals surface area contributed by atoms with Crippen molar-refractivity contribution in [1.29, 1.82) is 0 Å². The largest absolute Gasteiger partial charge is 0.370 e. The summed E-state index contributed by atoms with van der Waals surface area (Å²) in [6.45, 7) is 2.55. The van der Waals surface area contributed by atoms with Crippen LogP contribution < -0.4 is 0 Å². The number of benzene rings is 2. The van der Waals surface area contributed by atoms with Crippen molar-refractivity contribution in [3.8, 4) is 0 Å². The summed E-state index contributed by atoms with van der Waals surface area (Å²) in [6.07, 6.45) is 1.97. The summed E-state index contributed by atoms with van der Waals surface area (Å²) in [7, 11) is 0. The van der Waals surface area contributed by atoms with Gasteiger partial charge in [-0.3, -0.25) is 4.79 Å². The summed E-state index contributed by atoms with van der Waals surface area (Å²) >= 11 is 0. The predicted octanol–water partition coefficient (Wildman–Crippen LogP) is 3.84. The first-order valence-corrected chi connectivity index (χ1v) is 6.95. The summed E-state index contributed by atoms with van der Waals surface area (Å²) in [5.74, 6) is 0.563. The van der Waals surface area contributed by atoms with E-state index in [1.54, 1.807) is 0 Å². The molecule has 1 aliphatic carbocycles. The molecule has 2 aromatic rings. The van der Waals surface area contributed by atoms with Gasteiger partial charge in [-0.15, -0.1) is 0 Å². The van der Waals surface area contributed by atoms with Gasteiger partial charge < -0.3 is 4.74 Å². The fourth-order valence-electron chi connectivity index (χ4n) is 2.60. The number of carbonyl (C=O) groups is 1. The van der Waals surface area contributed by atoms with Crippen LogP contribution in [-0.4, -0.2) is 18.5 Å². The number of ketones is 1. The Kier molecular flexibility index (Phi) is 3.34. The van der Waals surface area contributed by atoms with Crippen LogP contribution in [0.5, 0.6) is 0 Å². The summed E-state index contributed by atoms with van der Waals surface area (Å²) in [6, 6.07) is 13.9. The molecule has 0 heterocycles. The van der Waals surface area contributed by atoms with Crippen molar-refractivity contribution in [2.75, 3.05) is 6.61 Å². The number of carbonyl (C=O) groups excluding carboxylic acids is 1. The molecule has 1 saturated carbocycles. The second kappa shape index (κ2) is 5.14. The quantitative estimate of drug-likeness (QED) is 0.758. The van der Waals surface area contributed by atoms with Crippen molar-refractivity contribution in [3.05, 3.63) is 48.0 Å². The third-order valence-corrected chi connectivity index (χ3v) is 3.71. The summed E-state index contributed by atoms with van der Waals surface area (Å²) in [5, 5.41) is 2.14. The first-order valence-electron chi connectivity index (χ1n) is 6.95. The number of Topliss-reactive ketones (excluding diaryl/α,β-unsaturated/α-hetero) is 1. The molecule has 2 aromatic carbocycles. The molecule has 2 heteroatoms. The molecule has 19 heavy (non-hydrogen) atoms. The van der Waals surface area contributed by atoms with Crippen LogP contribution in [0, 0.1) is 5.92 Å². The van der Waals surface area contributed by atoms with Gasteiger partial charge in [0.2, 0.25) is 0 Å². The molecule has 3 rings (SSSR count). The SMILES string of the molecule is CCOC(C(=O)c1cccc2ccccc12)C1CC1. The van der Waals surface area contributed by atoms with Gasteiger partial charge in [0, 0.05) is 12.2 Å². The van der Waals surface area contributed by atoms with Crippen LogP contribution in [0.25, 0.3) is 10.8 Å². The molecule has 1 unspecified atom stereocenters. The maximum atomic E-state index is 12.7. The molecule has 2 nitrogen and oxygen atoms in total. The Morgan fingerprint density at radius 1 is 1.21 bits per heavy atom. The van der Waals surface area contributed by atoms with E-state index < -0.39 is 0 Å². The fourth-order valence-corrected chi connectivity index (χ4v) is 2.60. The van der Waals surface area contributed by atoms with E-state index in [4.69, 9.17) is 4.74 Å². The molecule has 0 aromatic heterocycles. The lowest BCUT2D eigenvalue weighted by atomic mass is 9.97. The van der Waals surface area contributed by atoms with Gasteiger partial charge in [0.15, 0.2) is 5.78 Å². The molecule has 0 radical (unpaired) electrons. The lowest BCUT2D eigenvalue weighted by Gasteiger charge is -2.16. The Hall–Kier alpha value is -1.67. The molecule has 0 amide bonds. The predicted molar refractivity (Wildman–Crippen MR) is 76.4 cm³/mol. The molecule has 0 N–H and O–H groups in total. The van der Waals surface area contributed by atoms with Crippen molar-refractivity contribution >= 4 is 16.6 Å². The molecule has 1 aliphatic rings. The molecule has 1 atom stereocenters. The van der Waals surface area contributed by atoms with Gasteiger partial charge in [0.25, 0.3) is 0 Å². The highest BCUT2D eigenvalue weighted by Crippen LogP contribution is 2.36. The van der Waals surface area contributed by atoms with Crippen LogP contribution in [0.3, 0.4) is 0 Å². The van der Waals surface area contributed by atoms with Crippen molar-refractivity contribution < 1.29 is 9.53 Å². The van der Waals surface area contributed by atoms with Gasteiger partial charge in [-0.1, -0.05) is 42.5 Å². The number of rotatable bonds is 5. The van der Waals surface area contributed by atoms with Crippen LogP contribution in [0.1, 0.15) is 30.1 Å². The molecular formula is C17H18O2. The highest BCUT2D eigenvalue weighted by atomic mass is 16.5. The van der Waals surface area contributed by atoms with Gasteiger partial charge in [-0.25, -0.2) is 0 Å². The van der Waals surface area contributed by atoms with E-state index in [9.17, 15) is 4.79 Å². The zero-order valence-electron chi connectivity index (χ0n) is 11.1. The Bertz CT molecular complexity index is 594. The van der Waals surface area contributed by atoms with Crippen LogP contribution in [0.15, 0.2) is 42.5 Å². The highest BCUT2D eigenvalue weighted by molar-refractivity contribution is 6.10. The first-order chi connectivity index (χ1) is 9.31. The van der Waals surface area contributed by atoms with E-state index in [-0.39, 0.29) is 11.9 Å². The maximum Gasteiger partial charge on any atom is 0.192 e. The monoisotopic (exact) mass is 254 g/mol. The average molecular weight is 254 g/mol. The topological polar surface area (TPSA) is 26.3 Å².